The molecule has 3 atom stereocenters. The number of aromatic nitrogens is 1. The second-order valence-corrected chi connectivity index (χ2v) is 14.8. The maximum absolute atomic E-state index is 14.3. The van der Waals surface area contributed by atoms with E-state index in [4.69, 9.17) is 9.47 Å². The van der Waals surface area contributed by atoms with E-state index in [0.717, 1.165) is 69.8 Å². The lowest BCUT2D eigenvalue weighted by atomic mass is 9.81. The summed E-state index contributed by atoms with van der Waals surface area (Å²) in [6, 6.07) is 25.4. The van der Waals surface area contributed by atoms with Gasteiger partial charge in [0, 0.05) is 43.1 Å². The van der Waals surface area contributed by atoms with Crippen molar-refractivity contribution in [1.29, 1.82) is 0 Å². The number of aromatic amines is 1. The first-order valence-corrected chi connectivity index (χ1v) is 19.1. The third-order valence-corrected chi connectivity index (χ3v) is 11.0. The number of aromatic hydroxyl groups is 2. The van der Waals surface area contributed by atoms with Crippen LogP contribution in [0.4, 0.5) is 0 Å². The van der Waals surface area contributed by atoms with Crippen LogP contribution < -0.4 is 9.47 Å². The molecule has 2 aliphatic rings. The van der Waals surface area contributed by atoms with Gasteiger partial charge in [-0.2, -0.15) is 0 Å². The Balaban J connectivity index is 1.15. The molecule has 0 amide bonds. The fourth-order valence-electron chi connectivity index (χ4n) is 8.14. The minimum atomic E-state index is -0.945. The molecule has 1 aliphatic carbocycles. The van der Waals surface area contributed by atoms with E-state index in [9.17, 15) is 20.1 Å². The number of ketones is 1. The summed E-state index contributed by atoms with van der Waals surface area (Å²) in [6.07, 6.45) is 13.3. The van der Waals surface area contributed by atoms with Crippen LogP contribution in [0.1, 0.15) is 66.3 Å². The fraction of sp³-hybridized carbons (Fsp3) is 0.326. The van der Waals surface area contributed by atoms with Gasteiger partial charge in [0.1, 0.15) is 17.9 Å². The highest BCUT2D eigenvalue weighted by molar-refractivity contribution is 5.87. The van der Waals surface area contributed by atoms with E-state index in [-0.39, 0.29) is 35.7 Å². The summed E-state index contributed by atoms with van der Waals surface area (Å²) in [5, 5.41) is 35.8. The lowest BCUT2D eigenvalue weighted by Gasteiger charge is -2.26. The standard InChI is InChI=1S/C46H48N2O6/c1-53-46-40(26-34-9-6-8-33-7-2-5-12-39(33)34)35(14-16-42(46)50)25-37(23-32-18-20-48-29-32)44(52)27-43(51)36(22-31-17-19-47-28-31)21-30-13-15-41(49)45(24-30)54-38-10-3-4-11-38/h2,5-9,12-20,24,28-29,36-38,44,48,52H,3-4,10-11,21-23,25-27H2,1H3,(H-,49,50)/p+1/t36-,37-,44+/m0/s1. The van der Waals surface area contributed by atoms with Crippen LogP contribution in [0.5, 0.6) is 23.0 Å². The number of nitrogens with one attached hydrogen (secondary N) is 1. The topological polar surface area (TPSA) is 124 Å². The SMILES string of the molecule is COc1c(O)ccc(C[C@H](Cc2cc[nH]c2)[C@H](O)CC(=O)[C@H](CC2=C[CH+]N=C2)Cc2ccc(O)c(OC3CCCC3)c2)c1Cc1cccc2ccccc12. The highest BCUT2D eigenvalue weighted by Crippen LogP contribution is 2.38. The number of aliphatic imine (C=N–C) groups is 1. The zero-order valence-electron chi connectivity index (χ0n) is 30.8. The number of allylic oxidation sites excluding steroid dienone is 1. The van der Waals surface area contributed by atoms with Crippen LogP contribution in [-0.2, 0) is 30.5 Å². The molecule has 54 heavy (non-hydrogen) atoms. The number of aliphatic hydroxyl groups is 1. The molecule has 1 saturated carbocycles. The molecule has 0 spiro atoms. The molecule has 2 heterocycles. The lowest BCUT2D eigenvalue weighted by Crippen LogP contribution is -2.31. The van der Waals surface area contributed by atoms with Gasteiger partial charge >= 0.3 is 0 Å². The van der Waals surface area contributed by atoms with E-state index in [1.807, 2.05) is 60.9 Å². The lowest BCUT2D eigenvalue weighted by molar-refractivity contribution is -0.125. The number of H-pyrrole nitrogens is 1. The van der Waals surface area contributed by atoms with Crippen molar-refractivity contribution in [2.75, 3.05) is 7.11 Å². The van der Waals surface area contributed by atoms with Crippen LogP contribution >= 0.6 is 0 Å². The quantitative estimate of drug-likeness (QED) is 0.0712. The number of ether oxygens (including phenoxy) is 2. The van der Waals surface area contributed by atoms with E-state index in [2.05, 4.69) is 34.2 Å². The van der Waals surface area contributed by atoms with Gasteiger partial charge < -0.3 is 29.8 Å². The van der Waals surface area contributed by atoms with Crippen LogP contribution in [0.25, 0.3) is 10.8 Å². The van der Waals surface area contributed by atoms with Crippen molar-refractivity contribution in [1.82, 2.24) is 4.98 Å². The predicted molar refractivity (Wildman–Crippen MR) is 212 cm³/mol. The smallest absolute Gasteiger partial charge is 0.176 e. The Kier molecular flexibility index (Phi) is 11.7. The third-order valence-electron chi connectivity index (χ3n) is 11.0. The Morgan fingerprint density at radius 2 is 1.72 bits per heavy atom. The third kappa shape index (κ3) is 8.83. The molecule has 4 aromatic carbocycles. The molecule has 1 aromatic heterocycles. The summed E-state index contributed by atoms with van der Waals surface area (Å²) >= 11 is 0. The maximum Gasteiger partial charge on any atom is 0.176 e. The first-order valence-electron chi connectivity index (χ1n) is 19.1. The van der Waals surface area contributed by atoms with Crippen molar-refractivity contribution in [2.45, 2.75) is 76.4 Å². The number of aliphatic hydroxyl groups excluding tert-OH is 1. The monoisotopic (exact) mass is 725 g/mol. The van der Waals surface area contributed by atoms with Crippen molar-refractivity contribution in [3.63, 3.8) is 0 Å². The number of hydrogen-bond acceptors (Lipinski definition) is 7. The van der Waals surface area contributed by atoms with Crippen LogP contribution in [0.15, 0.2) is 108 Å². The van der Waals surface area contributed by atoms with Crippen LogP contribution in [0, 0.1) is 18.4 Å². The van der Waals surface area contributed by atoms with E-state index < -0.39 is 12.0 Å². The number of carbonyl (C=O) groups excluding carboxylic acids is 1. The molecule has 4 N–H and O–H groups in total. The number of rotatable bonds is 17. The number of nitrogens with zero attached hydrogens (tertiary/aromatic N) is 1. The molecule has 0 saturated heterocycles. The van der Waals surface area contributed by atoms with Crippen molar-refractivity contribution in [2.24, 2.45) is 16.8 Å². The van der Waals surface area contributed by atoms with Crippen molar-refractivity contribution >= 4 is 22.8 Å². The molecule has 7 rings (SSSR count). The Morgan fingerprint density at radius 1 is 0.907 bits per heavy atom. The minimum Gasteiger partial charge on any atom is -0.504 e. The molecular formula is C46H49N2O6+. The number of benzene rings is 4. The van der Waals surface area contributed by atoms with Gasteiger partial charge in [0.2, 0.25) is 0 Å². The zero-order valence-corrected chi connectivity index (χ0v) is 30.8. The van der Waals surface area contributed by atoms with Gasteiger partial charge in [-0.05, 0) is 108 Å². The summed E-state index contributed by atoms with van der Waals surface area (Å²) in [5.41, 5.74) is 5.80. The van der Waals surface area contributed by atoms with Gasteiger partial charge in [0.05, 0.1) is 25.4 Å². The second-order valence-electron chi connectivity index (χ2n) is 14.8. The molecule has 1 fully saturated rings. The van der Waals surface area contributed by atoms with Gasteiger partial charge in [-0.25, -0.2) is 0 Å². The van der Waals surface area contributed by atoms with E-state index in [1.165, 1.54) is 0 Å². The summed E-state index contributed by atoms with van der Waals surface area (Å²) in [7, 11) is 1.57. The van der Waals surface area contributed by atoms with E-state index in [0.29, 0.717) is 43.6 Å². The Labute approximate surface area is 317 Å². The summed E-state index contributed by atoms with van der Waals surface area (Å²) in [6.45, 7) is 1.73. The molecule has 278 valence electrons. The largest absolute Gasteiger partial charge is 0.504 e. The number of phenols is 2. The van der Waals surface area contributed by atoms with Gasteiger partial charge in [-0.15, -0.1) is 4.99 Å². The van der Waals surface area contributed by atoms with E-state index >= 15 is 0 Å². The second kappa shape index (κ2) is 17.1. The summed E-state index contributed by atoms with van der Waals surface area (Å²) < 4.78 is 12.0. The predicted octanol–water partition coefficient (Wildman–Crippen LogP) is 8.64. The number of fused-ring (bicyclic) bond motifs is 1. The minimum absolute atomic E-state index is 0.0225. The molecule has 0 unspecified atom stereocenters. The first kappa shape index (κ1) is 36.9. The van der Waals surface area contributed by atoms with Crippen molar-refractivity contribution < 1.29 is 29.6 Å². The molecule has 8 heteroatoms. The van der Waals surface area contributed by atoms with Crippen molar-refractivity contribution in [3.8, 4) is 23.0 Å². The average Bonchev–Trinajstić information content (AvgIpc) is 3.99. The number of hydrogen-bond donors (Lipinski definition) is 4. The molecule has 1 aliphatic heterocycles. The van der Waals surface area contributed by atoms with Crippen LogP contribution in [0.2, 0.25) is 0 Å². The molecule has 0 bridgehead atoms. The normalized spacial score (nSPS) is 15.9. The van der Waals surface area contributed by atoms with E-state index in [1.54, 1.807) is 32.0 Å². The number of phenolic OH excluding ortho intramolecular Hbond substituents is 2. The molecule has 8 nitrogen and oxygen atoms in total. The molecule has 0 radical (unpaired) electrons. The Morgan fingerprint density at radius 3 is 2.50 bits per heavy atom. The highest BCUT2D eigenvalue weighted by atomic mass is 16.5. The first-order chi connectivity index (χ1) is 26.3. The maximum atomic E-state index is 14.3. The number of Topliss-reactive ketones (excluding diaryl/α,β-unsaturated/α-hetero) is 1. The zero-order chi connectivity index (χ0) is 37.4. The number of carbonyl (C=O) groups is 1. The van der Waals surface area contributed by atoms with Gasteiger partial charge in [0.15, 0.2) is 29.2 Å². The fourth-order valence-corrected chi connectivity index (χ4v) is 8.14. The number of methoxy groups -OCH3 is 1. The van der Waals surface area contributed by atoms with Crippen LogP contribution in [-0.4, -0.2) is 51.6 Å². The van der Waals surface area contributed by atoms with Crippen LogP contribution in [0.3, 0.4) is 0 Å². The Hall–Kier alpha value is -5.47. The molecular weight excluding hydrogens is 677 g/mol. The summed E-state index contributed by atoms with van der Waals surface area (Å²) in [4.78, 5) is 21.7. The van der Waals surface area contributed by atoms with Gasteiger partial charge in [0.25, 0.3) is 0 Å². The van der Waals surface area contributed by atoms with Gasteiger partial charge in [-0.3, -0.25) is 4.79 Å². The summed E-state index contributed by atoms with van der Waals surface area (Å²) in [5.74, 6) is 0.264. The highest BCUT2D eigenvalue weighted by Gasteiger charge is 2.31. The van der Waals surface area contributed by atoms with Crippen molar-refractivity contribution in [3.05, 3.63) is 137 Å². The Bertz CT molecular complexity index is 2110. The average molecular weight is 726 g/mol. The molecule has 5 aromatic rings. The van der Waals surface area contributed by atoms with Gasteiger partial charge in [-0.1, -0.05) is 54.6 Å².